The minimum absolute atomic E-state index is 0.0147. The van der Waals surface area contributed by atoms with Crippen LogP contribution in [0.2, 0.25) is 0 Å². The molecule has 0 spiro atoms. The molecule has 0 atom stereocenters. The van der Waals surface area contributed by atoms with Crippen molar-refractivity contribution < 1.29 is 9.59 Å². The van der Waals surface area contributed by atoms with Crippen LogP contribution in [0.4, 0.5) is 5.69 Å². The summed E-state index contributed by atoms with van der Waals surface area (Å²) in [5, 5.41) is 6.06. The van der Waals surface area contributed by atoms with E-state index in [0.717, 1.165) is 23.7 Å². The van der Waals surface area contributed by atoms with Crippen LogP contribution in [0.15, 0.2) is 48.5 Å². The summed E-state index contributed by atoms with van der Waals surface area (Å²) in [5.74, 6) is 1.70. The standard InChI is InChI=1S/C27H36N2O2/c1-4-20-9-11-21(12-10-20)18-28-26(30)17-23-7-5-6-8-25(23)27(31)29-24-15-13-22(14-16-24)19(2)3/h5-8,13-16,19-21H,4,9-12,17-18H2,1-3H3,(H,28,30)(H,29,31). The van der Waals surface area contributed by atoms with Crippen molar-refractivity contribution in [1.82, 2.24) is 5.32 Å². The van der Waals surface area contributed by atoms with E-state index < -0.39 is 0 Å². The Morgan fingerprint density at radius 2 is 1.58 bits per heavy atom. The summed E-state index contributed by atoms with van der Waals surface area (Å²) in [5.41, 5.74) is 3.30. The van der Waals surface area contributed by atoms with Gasteiger partial charge in [-0.15, -0.1) is 0 Å². The normalized spacial score (nSPS) is 18.6. The average molecular weight is 421 g/mol. The molecule has 2 N–H and O–H groups in total. The largest absolute Gasteiger partial charge is 0.356 e. The highest BCUT2D eigenvalue weighted by Crippen LogP contribution is 2.30. The highest BCUT2D eigenvalue weighted by atomic mass is 16.2. The van der Waals surface area contributed by atoms with E-state index in [-0.39, 0.29) is 18.2 Å². The zero-order valence-electron chi connectivity index (χ0n) is 19.1. The minimum atomic E-state index is -0.182. The van der Waals surface area contributed by atoms with E-state index in [0.29, 0.717) is 17.4 Å². The fraction of sp³-hybridized carbons (Fsp3) is 0.481. The molecule has 1 aliphatic rings. The number of hydrogen-bond acceptors (Lipinski definition) is 2. The molecule has 0 saturated heterocycles. The van der Waals surface area contributed by atoms with E-state index in [2.05, 4.69) is 31.4 Å². The van der Waals surface area contributed by atoms with E-state index in [1.165, 1.54) is 37.7 Å². The van der Waals surface area contributed by atoms with Crippen LogP contribution in [0, 0.1) is 11.8 Å². The van der Waals surface area contributed by atoms with Crippen LogP contribution < -0.4 is 10.6 Å². The van der Waals surface area contributed by atoms with E-state index in [4.69, 9.17) is 0 Å². The molecule has 4 nitrogen and oxygen atoms in total. The Bertz CT molecular complexity index is 865. The number of rotatable bonds is 8. The second-order valence-electron chi connectivity index (χ2n) is 9.16. The Kier molecular flexibility index (Phi) is 8.27. The van der Waals surface area contributed by atoms with Gasteiger partial charge in [0.25, 0.3) is 5.91 Å². The number of amides is 2. The first kappa shape index (κ1) is 23.1. The predicted octanol–water partition coefficient (Wildman–Crippen LogP) is 5.94. The van der Waals surface area contributed by atoms with Crippen molar-refractivity contribution >= 4 is 17.5 Å². The van der Waals surface area contributed by atoms with Crippen LogP contribution in [0.25, 0.3) is 0 Å². The lowest BCUT2D eigenvalue weighted by atomic mass is 9.81. The first-order valence-electron chi connectivity index (χ1n) is 11.7. The van der Waals surface area contributed by atoms with Gasteiger partial charge in [0.2, 0.25) is 5.91 Å². The SMILES string of the molecule is CCC1CCC(CNC(=O)Cc2ccccc2C(=O)Nc2ccc(C(C)C)cc2)CC1. The van der Waals surface area contributed by atoms with Crippen LogP contribution in [-0.4, -0.2) is 18.4 Å². The van der Waals surface area contributed by atoms with Crippen LogP contribution in [0.5, 0.6) is 0 Å². The van der Waals surface area contributed by atoms with Gasteiger partial charge in [0.05, 0.1) is 6.42 Å². The molecule has 0 heterocycles. The van der Waals surface area contributed by atoms with Crippen LogP contribution >= 0.6 is 0 Å². The van der Waals surface area contributed by atoms with E-state index in [9.17, 15) is 9.59 Å². The van der Waals surface area contributed by atoms with Gasteiger partial charge in [-0.1, -0.05) is 70.4 Å². The Labute approximate surface area is 186 Å². The van der Waals surface area contributed by atoms with Crippen molar-refractivity contribution in [3.05, 3.63) is 65.2 Å². The summed E-state index contributed by atoms with van der Waals surface area (Å²) in [4.78, 5) is 25.4. The van der Waals surface area contributed by atoms with Gasteiger partial charge in [-0.3, -0.25) is 9.59 Å². The lowest BCUT2D eigenvalue weighted by Gasteiger charge is -2.27. The molecule has 166 valence electrons. The molecular weight excluding hydrogens is 384 g/mol. The summed E-state index contributed by atoms with van der Waals surface area (Å²) >= 11 is 0. The van der Waals surface area contributed by atoms with Crippen molar-refractivity contribution in [2.75, 3.05) is 11.9 Å². The van der Waals surface area contributed by atoms with Gasteiger partial charge in [0.15, 0.2) is 0 Å². The first-order chi connectivity index (χ1) is 15.0. The summed E-state index contributed by atoms with van der Waals surface area (Å²) in [6.45, 7) is 7.29. The number of hydrogen-bond donors (Lipinski definition) is 2. The molecule has 0 unspecified atom stereocenters. The molecule has 4 heteroatoms. The zero-order valence-corrected chi connectivity index (χ0v) is 19.1. The molecule has 1 fully saturated rings. The third-order valence-electron chi connectivity index (χ3n) is 6.58. The molecule has 0 aliphatic heterocycles. The molecule has 31 heavy (non-hydrogen) atoms. The fourth-order valence-electron chi connectivity index (χ4n) is 4.38. The second-order valence-corrected chi connectivity index (χ2v) is 9.16. The van der Waals surface area contributed by atoms with E-state index in [1.807, 2.05) is 42.5 Å². The molecule has 2 amide bonds. The lowest BCUT2D eigenvalue weighted by Crippen LogP contribution is -2.32. The fourth-order valence-corrected chi connectivity index (χ4v) is 4.38. The zero-order chi connectivity index (χ0) is 22.2. The van der Waals surface area contributed by atoms with Gasteiger partial charge in [-0.05, 0) is 59.9 Å². The minimum Gasteiger partial charge on any atom is -0.356 e. The van der Waals surface area contributed by atoms with Crippen molar-refractivity contribution in [2.45, 2.75) is 65.2 Å². The van der Waals surface area contributed by atoms with Gasteiger partial charge in [-0.25, -0.2) is 0 Å². The summed E-state index contributed by atoms with van der Waals surface area (Å²) in [6, 6.07) is 15.3. The van der Waals surface area contributed by atoms with Gasteiger partial charge in [-0.2, -0.15) is 0 Å². The lowest BCUT2D eigenvalue weighted by molar-refractivity contribution is -0.120. The molecule has 0 radical (unpaired) electrons. The summed E-state index contributed by atoms with van der Waals surface area (Å²) in [6.07, 6.45) is 6.44. The molecule has 0 aromatic heterocycles. The smallest absolute Gasteiger partial charge is 0.255 e. The first-order valence-corrected chi connectivity index (χ1v) is 11.7. The van der Waals surface area contributed by atoms with Crippen molar-refractivity contribution in [2.24, 2.45) is 11.8 Å². The average Bonchev–Trinajstić information content (AvgIpc) is 2.78. The van der Waals surface area contributed by atoms with Crippen molar-refractivity contribution in [1.29, 1.82) is 0 Å². The van der Waals surface area contributed by atoms with Crippen molar-refractivity contribution in [3.8, 4) is 0 Å². The predicted molar refractivity (Wildman–Crippen MR) is 127 cm³/mol. The van der Waals surface area contributed by atoms with Gasteiger partial charge in [0, 0.05) is 17.8 Å². The summed E-state index contributed by atoms with van der Waals surface area (Å²) < 4.78 is 0. The van der Waals surface area contributed by atoms with E-state index in [1.54, 1.807) is 6.07 Å². The topological polar surface area (TPSA) is 58.2 Å². The highest BCUT2D eigenvalue weighted by molar-refractivity contribution is 6.05. The maximum absolute atomic E-state index is 12.9. The molecule has 3 rings (SSSR count). The van der Waals surface area contributed by atoms with E-state index >= 15 is 0 Å². The Morgan fingerprint density at radius 1 is 0.935 bits per heavy atom. The number of benzene rings is 2. The highest BCUT2D eigenvalue weighted by Gasteiger charge is 2.21. The number of carbonyl (C=O) groups is 2. The molecular formula is C27H36N2O2. The van der Waals surface area contributed by atoms with Crippen LogP contribution in [0.3, 0.4) is 0 Å². The quantitative estimate of drug-likeness (QED) is 0.555. The van der Waals surface area contributed by atoms with Gasteiger partial charge < -0.3 is 10.6 Å². The second kappa shape index (κ2) is 11.1. The molecule has 2 aromatic carbocycles. The van der Waals surface area contributed by atoms with Crippen molar-refractivity contribution in [3.63, 3.8) is 0 Å². The Hall–Kier alpha value is -2.62. The summed E-state index contributed by atoms with van der Waals surface area (Å²) in [7, 11) is 0. The third-order valence-corrected chi connectivity index (χ3v) is 6.58. The molecule has 0 bridgehead atoms. The van der Waals surface area contributed by atoms with Gasteiger partial charge >= 0.3 is 0 Å². The monoisotopic (exact) mass is 420 g/mol. The number of anilines is 1. The third kappa shape index (κ3) is 6.68. The number of carbonyl (C=O) groups excluding carboxylic acids is 2. The maximum Gasteiger partial charge on any atom is 0.255 e. The molecule has 2 aromatic rings. The molecule has 1 saturated carbocycles. The van der Waals surface area contributed by atoms with Crippen LogP contribution in [0.1, 0.15) is 80.3 Å². The number of nitrogens with one attached hydrogen (secondary N) is 2. The van der Waals surface area contributed by atoms with Crippen LogP contribution in [-0.2, 0) is 11.2 Å². The maximum atomic E-state index is 12.9. The molecule has 1 aliphatic carbocycles. The Morgan fingerprint density at radius 3 is 2.23 bits per heavy atom. The van der Waals surface area contributed by atoms with Gasteiger partial charge in [0.1, 0.15) is 0 Å². The Balaban J connectivity index is 1.55.